The van der Waals surface area contributed by atoms with Crippen LogP contribution in [0.5, 0.6) is 11.5 Å². The number of rotatable bonds is 2. The highest BCUT2D eigenvalue weighted by atomic mass is 35.5. The number of halogens is 1. The summed E-state index contributed by atoms with van der Waals surface area (Å²) in [5.74, 6) is -0.0823. The number of aromatic nitrogens is 2. The number of nitrogens with zero attached hydrogens (tertiary/aromatic N) is 2. The molecule has 1 aromatic heterocycles. The van der Waals surface area contributed by atoms with Gasteiger partial charge in [0.25, 0.3) is 5.56 Å². The first-order valence-electron chi connectivity index (χ1n) is 6.43. The first-order chi connectivity index (χ1) is 10.5. The maximum atomic E-state index is 12.5. The van der Waals surface area contributed by atoms with Crippen molar-refractivity contribution in [3.63, 3.8) is 0 Å². The van der Waals surface area contributed by atoms with Gasteiger partial charge in [-0.15, -0.1) is 0 Å². The second-order valence-electron chi connectivity index (χ2n) is 4.83. The molecule has 6 nitrogen and oxygen atoms in total. The Morgan fingerprint density at radius 3 is 2.59 bits per heavy atom. The fraction of sp³-hybridized carbons (Fsp3) is 0.0667. The van der Waals surface area contributed by atoms with Crippen molar-refractivity contribution in [2.75, 3.05) is 5.43 Å². The van der Waals surface area contributed by atoms with E-state index in [1.54, 1.807) is 19.1 Å². The van der Waals surface area contributed by atoms with Crippen molar-refractivity contribution >= 4 is 28.2 Å². The first-order valence-corrected chi connectivity index (χ1v) is 6.80. The van der Waals surface area contributed by atoms with Crippen LogP contribution in [0.4, 0.5) is 5.69 Å². The van der Waals surface area contributed by atoms with Crippen LogP contribution >= 0.6 is 11.6 Å². The highest BCUT2D eigenvalue weighted by Crippen LogP contribution is 2.31. The van der Waals surface area contributed by atoms with Crippen molar-refractivity contribution in [2.24, 2.45) is 0 Å². The zero-order chi connectivity index (χ0) is 15.9. The molecule has 3 N–H and O–H groups in total. The van der Waals surface area contributed by atoms with Crippen LogP contribution in [0.15, 0.2) is 41.5 Å². The lowest BCUT2D eigenvalue weighted by molar-refractivity contribution is 0.475. The molecule has 1 heterocycles. The predicted molar refractivity (Wildman–Crippen MR) is 84.5 cm³/mol. The molecule has 0 radical (unpaired) electrons. The number of phenols is 2. The van der Waals surface area contributed by atoms with Gasteiger partial charge in [-0.25, -0.2) is 9.66 Å². The third kappa shape index (κ3) is 2.33. The minimum atomic E-state index is -0.359. The Balaban J connectivity index is 2.15. The van der Waals surface area contributed by atoms with Gasteiger partial charge < -0.3 is 10.2 Å². The third-order valence-electron chi connectivity index (χ3n) is 3.28. The second kappa shape index (κ2) is 5.23. The molecule has 0 amide bonds. The fourth-order valence-electron chi connectivity index (χ4n) is 2.19. The van der Waals surface area contributed by atoms with E-state index in [0.717, 1.165) is 0 Å². The van der Waals surface area contributed by atoms with Crippen LogP contribution in [-0.2, 0) is 0 Å². The molecule has 0 bridgehead atoms. The van der Waals surface area contributed by atoms with Crippen molar-refractivity contribution in [2.45, 2.75) is 6.92 Å². The lowest BCUT2D eigenvalue weighted by atomic mass is 10.1. The quantitative estimate of drug-likeness (QED) is 0.632. The summed E-state index contributed by atoms with van der Waals surface area (Å²) in [6, 6.07) is 7.76. The van der Waals surface area contributed by atoms with Crippen LogP contribution in [0, 0.1) is 6.92 Å². The predicted octanol–water partition coefficient (Wildman–Crippen LogP) is 2.64. The average molecular weight is 318 g/mol. The lowest BCUT2D eigenvalue weighted by Crippen LogP contribution is -2.27. The molecule has 0 aliphatic rings. The normalized spacial score (nSPS) is 10.8. The molecule has 0 fully saturated rings. The summed E-state index contributed by atoms with van der Waals surface area (Å²) in [4.78, 5) is 16.6. The summed E-state index contributed by atoms with van der Waals surface area (Å²) in [6.07, 6.45) is 1.27. The lowest BCUT2D eigenvalue weighted by Gasteiger charge is -2.11. The molecule has 0 aliphatic heterocycles. The van der Waals surface area contributed by atoms with E-state index in [-0.39, 0.29) is 33.0 Å². The fourth-order valence-corrected chi connectivity index (χ4v) is 2.44. The van der Waals surface area contributed by atoms with E-state index >= 15 is 0 Å². The van der Waals surface area contributed by atoms with Gasteiger partial charge in [-0.3, -0.25) is 10.2 Å². The summed E-state index contributed by atoms with van der Waals surface area (Å²) in [7, 11) is 0. The van der Waals surface area contributed by atoms with E-state index in [9.17, 15) is 15.0 Å². The number of phenolic OH excluding ortho intramolecular Hbond substituents is 2. The first kappa shape index (κ1) is 14.2. The van der Waals surface area contributed by atoms with Crippen LogP contribution in [0.25, 0.3) is 10.9 Å². The van der Waals surface area contributed by atoms with Crippen molar-refractivity contribution in [3.05, 3.63) is 57.6 Å². The van der Waals surface area contributed by atoms with E-state index in [2.05, 4.69) is 10.4 Å². The summed E-state index contributed by atoms with van der Waals surface area (Å²) in [5.41, 5.74) is 3.91. The number of aryl methyl sites for hydroxylation is 1. The molecule has 2 aromatic carbocycles. The molecule has 0 spiro atoms. The maximum absolute atomic E-state index is 12.5. The Morgan fingerprint density at radius 1 is 1.23 bits per heavy atom. The van der Waals surface area contributed by atoms with Crippen molar-refractivity contribution < 1.29 is 10.2 Å². The number of nitrogens with one attached hydrogen (secondary N) is 1. The summed E-state index contributed by atoms with van der Waals surface area (Å²) in [6.45, 7) is 1.72. The van der Waals surface area contributed by atoms with Crippen LogP contribution < -0.4 is 11.0 Å². The molecule has 3 rings (SSSR count). The summed E-state index contributed by atoms with van der Waals surface area (Å²) in [5, 5.41) is 19.6. The minimum Gasteiger partial charge on any atom is -0.508 e. The van der Waals surface area contributed by atoms with Gasteiger partial charge in [0.05, 0.1) is 16.1 Å². The van der Waals surface area contributed by atoms with Crippen molar-refractivity contribution in [3.8, 4) is 11.5 Å². The Hall–Kier alpha value is -2.73. The van der Waals surface area contributed by atoms with Gasteiger partial charge in [0, 0.05) is 0 Å². The molecule has 112 valence electrons. The van der Waals surface area contributed by atoms with Gasteiger partial charge in [0.15, 0.2) is 5.75 Å². The zero-order valence-corrected chi connectivity index (χ0v) is 12.3. The molecule has 0 unspecified atom stereocenters. The molecule has 0 atom stereocenters. The molecular formula is C15H12ClN3O3. The van der Waals surface area contributed by atoms with Crippen LogP contribution in [0.3, 0.4) is 0 Å². The molecule has 0 saturated carbocycles. The molecular weight excluding hydrogens is 306 g/mol. The Bertz CT molecular complexity index is 920. The number of hydrogen-bond acceptors (Lipinski definition) is 5. The third-order valence-corrected chi connectivity index (χ3v) is 3.56. The average Bonchev–Trinajstić information content (AvgIpc) is 2.49. The van der Waals surface area contributed by atoms with Crippen LogP contribution in [0.2, 0.25) is 5.02 Å². The highest BCUT2D eigenvalue weighted by molar-refractivity contribution is 6.33. The number of benzene rings is 2. The van der Waals surface area contributed by atoms with Gasteiger partial charge in [-0.05, 0) is 42.8 Å². The van der Waals surface area contributed by atoms with Gasteiger partial charge in [0.2, 0.25) is 0 Å². The molecule has 0 aliphatic carbocycles. The van der Waals surface area contributed by atoms with E-state index in [1.165, 1.54) is 29.2 Å². The van der Waals surface area contributed by atoms with Gasteiger partial charge in [-0.1, -0.05) is 11.6 Å². The summed E-state index contributed by atoms with van der Waals surface area (Å²) >= 11 is 5.89. The van der Waals surface area contributed by atoms with E-state index in [0.29, 0.717) is 11.3 Å². The van der Waals surface area contributed by atoms with Crippen molar-refractivity contribution in [1.29, 1.82) is 0 Å². The topological polar surface area (TPSA) is 87.4 Å². The molecule has 3 aromatic rings. The Kier molecular flexibility index (Phi) is 3.38. The van der Waals surface area contributed by atoms with Gasteiger partial charge >= 0.3 is 0 Å². The van der Waals surface area contributed by atoms with Crippen LogP contribution in [-0.4, -0.2) is 19.9 Å². The number of aromatic hydroxyl groups is 2. The summed E-state index contributed by atoms with van der Waals surface area (Å²) < 4.78 is 1.20. The van der Waals surface area contributed by atoms with E-state index in [4.69, 9.17) is 11.6 Å². The number of fused-ring (bicyclic) bond motifs is 1. The maximum Gasteiger partial charge on any atom is 0.280 e. The highest BCUT2D eigenvalue weighted by Gasteiger charge is 2.14. The van der Waals surface area contributed by atoms with Gasteiger partial charge in [0.1, 0.15) is 17.6 Å². The second-order valence-corrected chi connectivity index (χ2v) is 5.23. The minimum absolute atomic E-state index is 0.130. The van der Waals surface area contributed by atoms with Crippen molar-refractivity contribution in [1.82, 2.24) is 9.66 Å². The number of anilines is 1. The zero-order valence-electron chi connectivity index (χ0n) is 11.5. The van der Waals surface area contributed by atoms with Gasteiger partial charge in [-0.2, -0.15) is 0 Å². The largest absolute Gasteiger partial charge is 0.508 e. The Labute approximate surface area is 130 Å². The Morgan fingerprint density at radius 2 is 1.91 bits per heavy atom. The van der Waals surface area contributed by atoms with E-state index in [1.807, 2.05) is 0 Å². The smallest absolute Gasteiger partial charge is 0.280 e. The standard InChI is InChI=1S/C15H12ClN3O3/c1-8-6-11(16)14(21)13-12(8)15(22)19(7-17-13)18-9-2-4-10(20)5-3-9/h2-7,18,20-21H,1H3. The van der Waals surface area contributed by atoms with Crippen LogP contribution in [0.1, 0.15) is 5.56 Å². The molecule has 22 heavy (non-hydrogen) atoms. The molecule has 0 saturated heterocycles. The van der Waals surface area contributed by atoms with E-state index < -0.39 is 0 Å². The SMILES string of the molecule is Cc1cc(Cl)c(O)c2ncn(Nc3ccc(O)cc3)c(=O)c12. The number of hydrogen-bond donors (Lipinski definition) is 3. The molecule has 7 heteroatoms. The monoisotopic (exact) mass is 317 g/mol.